The van der Waals surface area contributed by atoms with Crippen LogP contribution in [0.5, 0.6) is 0 Å². The fourth-order valence-corrected chi connectivity index (χ4v) is 5.34. The van der Waals surface area contributed by atoms with E-state index >= 15 is 0 Å². The van der Waals surface area contributed by atoms with Crippen molar-refractivity contribution in [2.24, 2.45) is 5.41 Å². The van der Waals surface area contributed by atoms with Gasteiger partial charge in [-0.15, -0.1) is 0 Å². The molecule has 3 fully saturated rings. The molecule has 2 saturated heterocycles. The van der Waals surface area contributed by atoms with E-state index in [1.54, 1.807) is 6.20 Å². The summed E-state index contributed by atoms with van der Waals surface area (Å²) in [5, 5.41) is 12.3. The zero-order valence-electron chi connectivity index (χ0n) is 18.0. The molecule has 2 amide bonds. The molecule has 1 aliphatic carbocycles. The SMILES string of the molecule is C#COC(=O)Nc1cnc(N2CCC3(CC2)CCN(C2CCC(O)CC2)C3=O)c(C)c1. The molecule has 166 valence electrons. The molecule has 2 N–H and O–H groups in total. The van der Waals surface area contributed by atoms with Gasteiger partial charge in [-0.05, 0) is 63.5 Å². The van der Waals surface area contributed by atoms with Crippen LogP contribution < -0.4 is 10.2 Å². The molecule has 1 aromatic rings. The number of nitrogens with zero attached hydrogens (tertiary/aromatic N) is 3. The van der Waals surface area contributed by atoms with E-state index in [0.717, 1.165) is 76.0 Å². The molecule has 0 unspecified atom stereocenters. The third-order valence-corrected chi connectivity index (χ3v) is 7.12. The number of ether oxygens (including phenoxy) is 1. The first-order valence-corrected chi connectivity index (χ1v) is 11.1. The molecule has 3 aliphatic rings. The minimum atomic E-state index is -0.715. The number of pyridine rings is 1. The largest absolute Gasteiger partial charge is 0.425 e. The van der Waals surface area contributed by atoms with Gasteiger partial charge in [-0.2, -0.15) is 0 Å². The van der Waals surface area contributed by atoms with Gasteiger partial charge < -0.3 is 19.6 Å². The van der Waals surface area contributed by atoms with E-state index in [1.807, 2.05) is 19.1 Å². The standard InChI is InChI=1S/C23H30N4O4/c1-3-31-22(30)25-17-14-16(2)20(24-15-17)26-11-8-23(9-12-26)10-13-27(21(23)29)18-4-6-19(28)7-5-18/h1,14-15,18-19,28H,4-13H2,2H3,(H,25,30). The molecule has 4 rings (SSSR count). The predicted molar refractivity (Wildman–Crippen MR) is 116 cm³/mol. The van der Waals surface area contributed by atoms with E-state index < -0.39 is 6.09 Å². The molecule has 3 heterocycles. The molecule has 8 nitrogen and oxygen atoms in total. The summed E-state index contributed by atoms with van der Waals surface area (Å²) in [7, 11) is 0. The Morgan fingerprint density at radius 2 is 1.94 bits per heavy atom. The van der Waals surface area contributed by atoms with Gasteiger partial charge in [-0.3, -0.25) is 10.1 Å². The molecule has 0 aromatic carbocycles. The van der Waals surface area contributed by atoms with Crippen molar-refractivity contribution in [3.8, 4) is 12.5 Å². The number of hydrogen-bond acceptors (Lipinski definition) is 6. The van der Waals surface area contributed by atoms with E-state index in [1.165, 1.54) is 0 Å². The second-order valence-electron chi connectivity index (χ2n) is 8.98. The third-order valence-electron chi connectivity index (χ3n) is 7.12. The molecule has 0 atom stereocenters. The number of amides is 2. The van der Waals surface area contributed by atoms with Crippen LogP contribution in [0, 0.1) is 24.9 Å². The van der Waals surface area contributed by atoms with E-state index in [4.69, 9.17) is 6.42 Å². The third kappa shape index (κ3) is 4.33. The fourth-order valence-electron chi connectivity index (χ4n) is 5.34. The highest BCUT2D eigenvalue weighted by Gasteiger charge is 2.50. The monoisotopic (exact) mass is 426 g/mol. The van der Waals surface area contributed by atoms with Gasteiger partial charge in [0.25, 0.3) is 0 Å². The van der Waals surface area contributed by atoms with Crippen LogP contribution in [0.2, 0.25) is 0 Å². The van der Waals surface area contributed by atoms with Crippen LogP contribution in [0.1, 0.15) is 50.5 Å². The Morgan fingerprint density at radius 3 is 2.58 bits per heavy atom. The molecule has 1 aromatic heterocycles. The minimum Gasteiger partial charge on any atom is -0.393 e. The maximum atomic E-state index is 13.3. The number of aromatic nitrogens is 1. The van der Waals surface area contributed by atoms with Crippen LogP contribution in [0.4, 0.5) is 16.3 Å². The van der Waals surface area contributed by atoms with E-state index in [9.17, 15) is 14.7 Å². The van der Waals surface area contributed by atoms with Crippen molar-refractivity contribution in [1.82, 2.24) is 9.88 Å². The minimum absolute atomic E-state index is 0.202. The Balaban J connectivity index is 1.37. The first kappa shape index (κ1) is 21.4. The number of aliphatic hydroxyl groups is 1. The van der Waals surface area contributed by atoms with Gasteiger partial charge >= 0.3 is 6.09 Å². The zero-order valence-corrected chi connectivity index (χ0v) is 18.0. The average molecular weight is 427 g/mol. The number of piperidine rings is 1. The number of aryl methyl sites for hydroxylation is 1. The highest BCUT2D eigenvalue weighted by Crippen LogP contribution is 2.44. The lowest BCUT2D eigenvalue weighted by Gasteiger charge is -2.40. The van der Waals surface area contributed by atoms with Crippen molar-refractivity contribution in [3.05, 3.63) is 17.8 Å². The van der Waals surface area contributed by atoms with Gasteiger partial charge in [0.2, 0.25) is 5.91 Å². The number of carbonyl (C=O) groups excluding carboxylic acids is 2. The Labute approximate surface area is 183 Å². The van der Waals surface area contributed by atoms with Crippen molar-refractivity contribution < 1.29 is 19.4 Å². The predicted octanol–water partition coefficient (Wildman–Crippen LogP) is 2.65. The number of rotatable bonds is 3. The Morgan fingerprint density at radius 1 is 1.26 bits per heavy atom. The number of hydrogen-bond donors (Lipinski definition) is 2. The highest BCUT2D eigenvalue weighted by atomic mass is 16.5. The first-order chi connectivity index (χ1) is 14.9. The lowest BCUT2D eigenvalue weighted by molar-refractivity contribution is -0.139. The highest BCUT2D eigenvalue weighted by molar-refractivity contribution is 5.86. The van der Waals surface area contributed by atoms with E-state index in [-0.39, 0.29) is 11.5 Å². The number of terminal acetylenes is 1. The van der Waals surface area contributed by atoms with Crippen LogP contribution in [0.25, 0.3) is 0 Å². The van der Waals surface area contributed by atoms with Gasteiger partial charge in [-0.25, -0.2) is 9.78 Å². The van der Waals surface area contributed by atoms with Crippen molar-refractivity contribution in [2.75, 3.05) is 29.9 Å². The number of likely N-dealkylation sites (tertiary alicyclic amines) is 1. The van der Waals surface area contributed by atoms with Gasteiger partial charge in [0.05, 0.1) is 23.4 Å². The molecule has 2 aliphatic heterocycles. The van der Waals surface area contributed by atoms with Gasteiger partial charge in [0.15, 0.2) is 0 Å². The molecule has 0 bridgehead atoms. The number of nitrogens with one attached hydrogen (secondary N) is 1. The van der Waals surface area contributed by atoms with Crippen LogP contribution in [0.3, 0.4) is 0 Å². The van der Waals surface area contributed by atoms with Gasteiger partial charge in [0.1, 0.15) is 11.9 Å². The normalized spacial score (nSPS) is 25.4. The number of anilines is 2. The lowest BCUT2D eigenvalue weighted by atomic mass is 9.77. The quantitative estimate of drug-likeness (QED) is 0.722. The summed E-state index contributed by atoms with van der Waals surface area (Å²) in [6.07, 6.45) is 13.5. The maximum Gasteiger partial charge on any atom is 0.425 e. The Bertz CT molecular complexity index is 880. The summed E-state index contributed by atoms with van der Waals surface area (Å²) < 4.78 is 4.44. The summed E-state index contributed by atoms with van der Waals surface area (Å²) >= 11 is 0. The molecule has 0 radical (unpaired) electrons. The maximum absolute atomic E-state index is 13.3. The summed E-state index contributed by atoms with van der Waals surface area (Å²) in [5.74, 6) is 1.18. The molecule has 31 heavy (non-hydrogen) atoms. The average Bonchev–Trinajstić information content (AvgIpc) is 3.06. The summed E-state index contributed by atoms with van der Waals surface area (Å²) in [6, 6.07) is 2.13. The molecule has 1 saturated carbocycles. The number of carbonyl (C=O) groups is 2. The molecule has 8 heteroatoms. The molecular formula is C23H30N4O4. The van der Waals surface area contributed by atoms with Crippen LogP contribution in [0.15, 0.2) is 12.3 Å². The summed E-state index contributed by atoms with van der Waals surface area (Å²) in [5.41, 5.74) is 1.21. The Hall–Kier alpha value is -2.79. The van der Waals surface area contributed by atoms with Crippen LogP contribution in [-0.2, 0) is 9.53 Å². The van der Waals surface area contributed by atoms with Crippen molar-refractivity contribution in [3.63, 3.8) is 0 Å². The topological polar surface area (TPSA) is 95.0 Å². The Kier molecular flexibility index (Phi) is 6.05. The second-order valence-corrected chi connectivity index (χ2v) is 8.98. The van der Waals surface area contributed by atoms with Crippen molar-refractivity contribution in [1.29, 1.82) is 0 Å². The van der Waals surface area contributed by atoms with Crippen molar-refractivity contribution in [2.45, 2.75) is 64.0 Å². The molecule has 1 spiro atoms. The second kappa shape index (κ2) is 8.75. The van der Waals surface area contributed by atoms with E-state index in [0.29, 0.717) is 17.6 Å². The zero-order chi connectivity index (χ0) is 22.0. The van der Waals surface area contributed by atoms with E-state index in [2.05, 4.69) is 24.8 Å². The van der Waals surface area contributed by atoms with Crippen LogP contribution in [-0.4, -0.2) is 58.8 Å². The molecular weight excluding hydrogens is 396 g/mol. The van der Waals surface area contributed by atoms with Crippen molar-refractivity contribution >= 4 is 23.5 Å². The van der Waals surface area contributed by atoms with Gasteiger partial charge in [-0.1, -0.05) is 6.42 Å². The lowest BCUT2D eigenvalue weighted by Crippen LogP contribution is -2.47. The smallest absolute Gasteiger partial charge is 0.393 e. The summed E-state index contributed by atoms with van der Waals surface area (Å²) in [6.45, 7) is 4.35. The fraction of sp³-hybridized carbons (Fsp3) is 0.609. The van der Waals surface area contributed by atoms with Crippen LogP contribution >= 0.6 is 0 Å². The summed E-state index contributed by atoms with van der Waals surface area (Å²) in [4.78, 5) is 33.7. The van der Waals surface area contributed by atoms with Gasteiger partial charge in [0, 0.05) is 25.7 Å². The first-order valence-electron chi connectivity index (χ1n) is 11.1. The number of aliphatic hydroxyl groups excluding tert-OH is 1.